The molecular formula is C9H4ClF3N2O2. The second-order valence-electron chi connectivity index (χ2n) is 3.02. The Morgan fingerprint density at radius 3 is 2.41 bits per heavy atom. The Hall–Kier alpha value is -1.81. The van der Waals surface area contributed by atoms with Crippen LogP contribution < -0.4 is 0 Å². The molecule has 1 aromatic rings. The predicted molar refractivity (Wildman–Crippen MR) is 52.4 cm³/mol. The Labute approximate surface area is 98.4 Å². The molecule has 0 aromatic heterocycles. The average molecular weight is 265 g/mol. The number of nitro groups is 1. The van der Waals surface area contributed by atoms with Gasteiger partial charge in [0, 0.05) is 6.07 Å². The highest BCUT2D eigenvalue weighted by Gasteiger charge is 2.37. The molecule has 0 aliphatic heterocycles. The maximum absolute atomic E-state index is 12.6. The number of alkyl halides is 4. The summed E-state index contributed by atoms with van der Waals surface area (Å²) in [6.45, 7) is 0. The van der Waals surface area contributed by atoms with E-state index in [9.17, 15) is 23.3 Å². The minimum absolute atomic E-state index is 0.433. The summed E-state index contributed by atoms with van der Waals surface area (Å²) in [5.41, 5.74) is -3.12. The maximum Gasteiger partial charge on any atom is 0.417 e. The van der Waals surface area contributed by atoms with E-state index in [4.69, 9.17) is 16.9 Å². The molecule has 0 heterocycles. The molecule has 0 fully saturated rings. The van der Waals surface area contributed by atoms with Crippen LogP contribution in [0.15, 0.2) is 12.1 Å². The van der Waals surface area contributed by atoms with Crippen molar-refractivity contribution in [3.05, 3.63) is 38.9 Å². The molecule has 0 radical (unpaired) electrons. The van der Waals surface area contributed by atoms with Gasteiger partial charge < -0.3 is 0 Å². The lowest BCUT2D eigenvalue weighted by Gasteiger charge is -2.11. The van der Waals surface area contributed by atoms with E-state index in [1.807, 2.05) is 0 Å². The van der Waals surface area contributed by atoms with Crippen LogP contribution in [0.5, 0.6) is 0 Å². The van der Waals surface area contributed by atoms with Gasteiger partial charge in [-0.2, -0.15) is 18.4 Å². The molecule has 0 saturated carbocycles. The van der Waals surface area contributed by atoms with Crippen molar-refractivity contribution >= 4 is 17.3 Å². The third-order valence-corrected chi connectivity index (χ3v) is 2.26. The second kappa shape index (κ2) is 4.59. The minimum atomic E-state index is -4.79. The van der Waals surface area contributed by atoms with Gasteiger partial charge in [-0.05, 0) is 6.07 Å². The fraction of sp³-hybridized carbons (Fsp3) is 0.222. The van der Waals surface area contributed by atoms with E-state index in [2.05, 4.69) is 0 Å². The van der Waals surface area contributed by atoms with Crippen molar-refractivity contribution in [2.75, 3.05) is 0 Å². The van der Waals surface area contributed by atoms with E-state index in [1.54, 1.807) is 0 Å². The van der Waals surface area contributed by atoms with Crippen LogP contribution >= 0.6 is 11.6 Å². The maximum atomic E-state index is 12.6. The Morgan fingerprint density at radius 1 is 1.47 bits per heavy atom. The molecule has 4 nitrogen and oxygen atoms in total. The molecule has 1 aromatic carbocycles. The van der Waals surface area contributed by atoms with Gasteiger partial charge in [-0.3, -0.25) is 10.1 Å². The Bertz CT molecular complexity index is 508. The summed E-state index contributed by atoms with van der Waals surface area (Å²) in [7, 11) is 0. The first-order valence-electron chi connectivity index (χ1n) is 4.15. The van der Waals surface area contributed by atoms with Gasteiger partial charge in [-0.15, -0.1) is 11.6 Å². The smallest absolute Gasteiger partial charge is 0.258 e. The van der Waals surface area contributed by atoms with Crippen LogP contribution in [0.2, 0.25) is 0 Å². The van der Waals surface area contributed by atoms with Crippen LogP contribution in [-0.4, -0.2) is 4.92 Å². The largest absolute Gasteiger partial charge is 0.417 e. The second-order valence-corrected chi connectivity index (χ2v) is 3.29. The lowest BCUT2D eigenvalue weighted by atomic mass is 10.0. The van der Waals surface area contributed by atoms with Crippen LogP contribution in [0.4, 0.5) is 18.9 Å². The molecule has 90 valence electrons. The van der Waals surface area contributed by atoms with Gasteiger partial charge in [0.1, 0.15) is 0 Å². The van der Waals surface area contributed by atoms with Crippen LogP contribution in [0.1, 0.15) is 16.7 Å². The summed E-state index contributed by atoms with van der Waals surface area (Å²) in [4.78, 5) is 9.61. The molecule has 0 aliphatic carbocycles. The zero-order valence-electron chi connectivity index (χ0n) is 8.08. The third-order valence-electron chi connectivity index (χ3n) is 1.99. The van der Waals surface area contributed by atoms with E-state index in [-0.39, 0.29) is 0 Å². The summed E-state index contributed by atoms with van der Waals surface area (Å²) >= 11 is 5.30. The fourth-order valence-corrected chi connectivity index (χ4v) is 1.56. The summed E-state index contributed by atoms with van der Waals surface area (Å²) in [6.07, 6.45) is -4.79. The molecule has 0 unspecified atom stereocenters. The highest BCUT2D eigenvalue weighted by Crippen LogP contribution is 2.37. The van der Waals surface area contributed by atoms with Crippen LogP contribution in [0.3, 0.4) is 0 Å². The SMILES string of the molecule is N#Cc1cc([N+](=O)[O-])c(CCl)c(C(F)(F)F)c1. The molecule has 0 aliphatic rings. The molecule has 0 bridgehead atoms. The minimum Gasteiger partial charge on any atom is -0.258 e. The first-order chi connectivity index (χ1) is 7.81. The molecule has 17 heavy (non-hydrogen) atoms. The van der Waals surface area contributed by atoms with E-state index >= 15 is 0 Å². The first kappa shape index (κ1) is 13.3. The number of halogens is 4. The van der Waals surface area contributed by atoms with Crippen LogP contribution in [0, 0.1) is 21.4 Å². The molecule has 0 spiro atoms. The van der Waals surface area contributed by atoms with E-state index in [0.29, 0.717) is 6.07 Å². The quantitative estimate of drug-likeness (QED) is 0.468. The van der Waals surface area contributed by atoms with Gasteiger partial charge in [0.25, 0.3) is 5.69 Å². The van der Waals surface area contributed by atoms with Gasteiger partial charge in [-0.25, -0.2) is 0 Å². The summed E-state index contributed by atoms with van der Waals surface area (Å²) in [5.74, 6) is -0.656. The van der Waals surface area contributed by atoms with Gasteiger partial charge in [-0.1, -0.05) is 0 Å². The third kappa shape index (κ3) is 2.65. The highest BCUT2D eigenvalue weighted by molar-refractivity contribution is 6.17. The highest BCUT2D eigenvalue weighted by atomic mass is 35.5. The average Bonchev–Trinajstić information content (AvgIpc) is 2.25. The number of rotatable bonds is 2. The molecule has 0 amide bonds. The van der Waals surface area contributed by atoms with Crippen molar-refractivity contribution < 1.29 is 18.1 Å². The number of nitriles is 1. The van der Waals surface area contributed by atoms with Gasteiger partial charge >= 0.3 is 6.18 Å². The summed E-state index contributed by atoms with van der Waals surface area (Å²) in [6, 6.07) is 2.76. The first-order valence-corrected chi connectivity index (χ1v) is 4.69. The standard InChI is InChI=1S/C9H4ClF3N2O2/c10-3-6-7(9(11,12)13)1-5(4-14)2-8(6)15(16)17/h1-2H,3H2. The summed E-state index contributed by atoms with van der Waals surface area (Å²) in [5, 5.41) is 19.1. The molecule has 0 saturated heterocycles. The van der Waals surface area contributed by atoms with Gasteiger partial charge in [0.2, 0.25) is 0 Å². The number of hydrogen-bond acceptors (Lipinski definition) is 3. The van der Waals surface area contributed by atoms with Gasteiger partial charge in [0.05, 0.1) is 33.6 Å². The topological polar surface area (TPSA) is 66.9 Å². The molecule has 0 N–H and O–H groups in total. The number of hydrogen-bond donors (Lipinski definition) is 0. The lowest BCUT2D eigenvalue weighted by molar-refractivity contribution is -0.385. The van der Waals surface area contributed by atoms with Crippen molar-refractivity contribution in [1.82, 2.24) is 0 Å². The monoisotopic (exact) mass is 264 g/mol. The van der Waals surface area contributed by atoms with Crippen molar-refractivity contribution in [3.8, 4) is 6.07 Å². The van der Waals surface area contributed by atoms with E-state index in [1.165, 1.54) is 6.07 Å². The normalized spacial score (nSPS) is 11.0. The lowest BCUT2D eigenvalue weighted by Crippen LogP contribution is -2.11. The van der Waals surface area contributed by atoms with Gasteiger partial charge in [0.15, 0.2) is 0 Å². The Kier molecular flexibility index (Phi) is 3.58. The van der Waals surface area contributed by atoms with Crippen LogP contribution in [-0.2, 0) is 12.1 Å². The van der Waals surface area contributed by atoms with Crippen molar-refractivity contribution in [1.29, 1.82) is 5.26 Å². The Morgan fingerprint density at radius 2 is 2.06 bits per heavy atom. The number of benzene rings is 1. The zero-order valence-corrected chi connectivity index (χ0v) is 8.84. The molecule has 0 atom stereocenters. The van der Waals surface area contributed by atoms with E-state index < -0.39 is 39.4 Å². The van der Waals surface area contributed by atoms with E-state index in [0.717, 1.165) is 6.07 Å². The van der Waals surface area contributed by atoms with Crippen molar-refractivity contribution in [2.24, 2.45) is 0 Å². The number of nitro benzene ring substituents is 1. The summed E-state index contributed by atoms with van der Waals surface area (Å²) < 4.78 is 37.8. The molecule has 1 rings (SSSR count). The fourth-order valence-electron chi connectivity index (χ4n) is 1.28. The van der Waals surface area contributed by atoms with Crippen LogP contribution in [0.25, 0.3) is 0 Å². The van der Waals surface area contributed by atoms with Crippen molar-refractivity contribution in [3.63, 3.8) is 0 Å². The zero-order chi connectivity index (χ0) is 13.2. The molecular weight excluding hydrogens is 261 g/mol. The predicted octanol–water partition coefficient (Wildman–Crippen LogP) is 3.22. The Balaban J connectivity index is 3.64. The molecule has 8 heteroatoms. The number of nitrogens with zero attached hydrogens (tertiary/aromatic N) is 2. The van der Waals surface area contributed by atoms with Crippen molar-refractivity contribution in [2.45, 2.75) is 12.1 Å².